The Bertz CT molecular complexity index is 452. The van der Waals surface area contributed by atoms with E-state index in [-0.39, 0.29) is 17.7 Å². The third-order valence-electron chi connectivity index (χ3n) is 4.62. The van der Waals surface area contributed by atoms with Crippen molar-refractivity contribution in [3.8, 4) is 0 Å². The van der Waals surface area contributed by atoms with Crippen LogP contribution in [-0.2, 0) is 4.79 Å². The molecule has 4 nitrogen and oxygen atoms in total. The molecular formula is C18H30N2O2. The van der Waals surface area contributed by atoms with Gasteiger partial charge in [0, 0.05) is 24.4 Å². The van der Waals surface area contributed by atoms with E-state index in [4.69, 9.17) is 4.42 Å². The van der Waals surface area contributed by atoms with Crippen LogP contribution >= 0.6 is 0 Å². The van der Waals surface area contributed by atoms with Crippen LogP contribution in [0.1, 0.15) is 52.2 Å². The lowest BCUT2D eigenvalue weighted by Gasteiger charge is -2.31. The molecule has 1 aliphatic rings. The first-order chi connectivity index (χ1) is 10.6. The Morgan fingerprint density at radius 1 is 1.41 bits per heavy atom. The van der Waals surface area contributed by atoms with Crippen LogP contribution < -0.4 is 5.32 Å². The Hall–Kier alpha value is -1.29. The summed E-state index contributed by atoms with van der Waals surface area (Å²) < 4.78 is 5.40. The minimum absolute atomic E-state index is 0.0996. The predicted molar refractivity (Wildman–Crippen MR) is 88.7 cm³/mol. The van der Waals surface area contributed by atoms with Gasteiger partial charge in [-0.15, -0.1) is 0 Å². The second-order valence-corrected chi connectivity index (χ2v) is 6.71. The lowest BCUT2D eigenvalue weighted by molar-refractivity contribution is -0.122. The first-order valence-electron chi connectivity index (χ1n) is 8.61. The number of furan rings is 1. The molecule has 0 spiro atoms. The molecule has 1 saturated carbocycles. The standard InChI is InChI=1S/C18H30N2O2/c1-5-20(6-2)14(10-13(3)4)12-19-18(21)16-11-15(16)17-8-7-9-22-17/h7-9,13-16H,5-6,10-12H2,1-4H3,(H,19,21)/t14-,15+,16-/m0/s1. The number of carbonyl (C=O) groups excluding carboxylic acids is 1. The number of likely N-dealkylation sites (N-methyl/N-ethyl adjacent to an activating group) is 1. The van der Waals surface area contributed by atoms with Gasteiger partial charge in [0.05, 0.1) is 6.26 Å². The number of hydrogen-bond acceptors (Lipinski definition) is 3. The van der Waals surface area contributed by atoms with E-state index in [2.05, 4.69) is 37.9 Å². The molecule has 1 aromatic heterocycles. The average molecular weight is 306 g/mol. The Labute approximate surface area is 134 Å². The van der Waals surface area contributed by atoms with E-state index >= 15 is 0 Å². The molecule has 0 aromatic carbocycles. The Morgan fingerprint density at radius 2 is 2.14 bits per heavy atom. The van der Waals surface area contributed by atoms with Gasteiger partial charge >= 0.3 is 0 Å². The summed E-state index contributed by atoms with van der Waals surface area (Å²) in [6.45, 7) is 11.7. The number of hydrogen-bond donors (Lipinski definition) is 1. The third-order valence-corrected chi connectivity index (χ3v) is 4.62. The van der Waals surface area contributed by atoms with Crippen molar-refractivity contribution in [3.05, 3.63) is 24.2 Å². The maximum absolute atomic E-state index is 12.3. The van der Waals surface area contributed by atoms with Gasteiger partial charge in [-0.2, -0.15) is 0 Å². The quantitative estimate of drug-likeness (QED) is 0.761. The van der Waals surface area contributed by atoms with Crippen molar-refractivity contribution in [2.75, 3.05) is 19.6 Å². The van der Waals surface area contributed by atoms with Crippen LogP contribution in [0.5, 0.6) is 0 Å². The number of nitrogens with zero attached hydrogens (tertiary/aromatic N) is 1. The van der Waals surface area contributed by atoms with Gasteiger partial charge in [0.2, 0.25) is 5.91 Å². The SMILES string of the molecule is CCN(CC)[C@H](CNC(=O)[C@H]1C[C@H]1c1ccco1)CC(C)C. The molecule has 0 radical (unpaired) electrons. The van der Waals surface area contributed by atoms with E-state index < -0.39 is 0 Å². The topological polar surface area (TPSA) is 45.5 Å². The van der Waals surface area contributed by atoms with Gasteiger partial charge in [-0.05, 0) is 44.0 Å². The van der Waals surface area contributed by atoms with Crippen molar-refractivity contribution < 1.29 is 9.21 Å². The highest BCUT2D eigenvalue weighted by molar-refractivity contribution is 5.82. The molecule has 1 aromatic rings. The maximum Gasteiger partial charge on any atom is 0.223 e. The first kappa shape index (κ1) is 17.1. The lowest BCUT2D eigenvalue weighted by atomic mass is 10.0. The molecular weight excluding hydrogens is 276 g/mol. The predicted octanol–water partition coefficient (Wildman–Crippen LogP) is 3.26. The fourth-order valence-corrected chi connectivity index (χ4v) is 3.30. The first-order valence-corrected chi connectivity index (χ1v) is 8.61. The van der Waals surface area contributed by atoms with E-state index in [1.165, 1.54) is 0 Å². The summed E-state index contributed by atoms with van der Waals surface area (Å²) in [6, 6.07) is 4.29. The monoisotopic (exact) mass is 306 g/mol. The van der Waals surface area contributed by atoms with Crippen molar-refractivity contribution in [2.24, 2.45) is 11.8 Å². The minimum Gasteiger partial charge on any atom is -0.469 e. The van der Waals surface area contributed by atoms with Gasteiger partial charge in [-0.1, -0.05) is 27.7 Å². The molecule has 4 heteroatoms. The second-order valence-electron chi connectivity index (χ2n) is 6.71. The maximum atomic E-state index is 12.3. The molecule has 3 atom stereocenters. The lowest BCUT2D eigenvalue weighted by Crippen LogP contribution is -2.45. The van der Waals surface area contributed by atoms with Crippen LogP contribution in [0.15, 0.2) is 22.8 Å². The highest BCUT2D eigenvalue weighted by Crippen LogP contribution is 2.47. The highest BCUT2D eigenvalue weighted by atomic mass is 16.3. The van der Waals surface area contributed by atoms with Crippen molar-refractivity contribution in [3.63, 3.8) is 0 Å². The van der Waals surface area contributed by atoms with Gasteiger partial charge in [-0.25, -0.2) is 0 Å². The van der Waals surface area contributed by atoms with E-state index in [1.54, 1.807) is 6.26 Å². The zero-order chi connectivity index (χ0) is 16.1. The minimum atomic E-state index is 0.0996. The van der Waals surface area contributed by atoms with Crippen molar-refractivity contribution in [1.82, 2.24) is 10.2 Å². The molecule has 1 heterocycles. The molecule has 2 rings (SSSR count). The number of rotatable bonds is 9. The van der Waals surface area contributed by atoms with Crippen LogP contribution in [-0.4, -0.2) is 36.5 Å². The fraction of sp³-hybridized carbons (Fsp3) is 0.722. The molecule has 1 amide bonds. The van der Waals surface area contributed by atoms with Crippen molar-refractivity contribution >= 4 is 5.91 Å². The van der Waals surface area contributed by atoms with E-state index in [1.807, 2.05) is 12.1 Å². The summed E-state index contributed by atoms with van der Waals surface area (Å²) in [7, 11) is 0. The fourth-order valence-electron chi connectivity index (χ4n) is 3.30. The molecule has 1 aliphatic carbocycles. The van der Waals surface area contributed by atoms with Crippen LogP contribution in [0.3, 0.4) is 0 Å². The van der Waals surface area contributed by atoms with E-state index in [0.717, 1.165) is 38.2 Å². The number of nitrogens with one attached hydrogen (secondary N) is 1. The van der Waals surface area contributed by atoms with Gasteiger partial charge < -0.3 is 9.73 Å². The van der Waals surface area contributed by atoms with Crippen LogP contribution in [0.4, 0.5) is 0 Å². The molecule has 0 unspecified atom stereocenters. The molecule has 22 heavy (non-hydrogen) atoms. The Morgan fingerprint density at radius 3 is 2.68 bits per heavy atom. The third kappa shape index (κ3) is 4.35. The highest BCUT2D eigenvalue weighted by Gasteiger charge is 2.45. The summed E-state index contributed by atoms with van der Waals surface area (Å²) in [6.07, 6.45) is 3.72. The summed E-state index contributed by atoms with van der Waals surface area (Å²) in [5, 5.41) is 3.17. The Kier molecular flexibility index (Phi) is 6.07. The molecule has 0 saturated heterocycles. The number of carbonyl (C=O) groups is 1. The zero-order valence-corrected chi connectivity index (χ0v) is 14.3. The van der Waals surface area contributed by atoms with Gasteiger partial charge in [0.15, 0.2) is 0 Å². The van der Waals surface area contributed by atoms with E-state index in [9.17, 15) is 4.79 Å². The summed E-state index contributed by atoms with van der Waals surface area (Å²) in [4.78, 5) is 14.8. The molecule has 1 fully saturated rings. The average Bonchev–Trinajstić information content (AvgIpc) is 3.10. The summed E-state index contributed by atoms with van der Waals surface area (Å²) in [5.74, 6) is 2.15. The largest absolute Gasteiger partial charge is 0.469 e. The summed E-state index contributed by atoms with van der Waals surface area (Å²) >= 11 is 0. The number of amides is 1. The smallest absolute Gasteiger partial charge is 0.223 e. The normalized spacial score (nSPS) is 22.1. The van der Waals surface area contributed by atoms with Crippen molar-refractivity contribution in [2.45, 2.75) is 52.5 Å². The van der Waals surface area contributed by atoms with Crippen molar-refractivity contribution in [1.29, 1.82) is 0 Å². The Balaban J connectivity index is 1.83. The molecule has 124 valence electrons. The second kappa shape index (κ2) is 7.82. The molecule has 0 aliphatic heterocycles. The van der Waals surface area contributed by atoms with Crippen LogP contribution in [0.25, 0.3) is 0 Å². The molecule has 0 bridgehead atoms. The molecule has 1 N–H and O–H groups in total. The van der Waals surface area contributed by atoms with E-state index in [0.29, 0.717) is 12.0 Å². The summed E-state index contributed by atoms with van der Waals surface area (Å²) in [5.41, 5.74) is 0. The van der Waals surface area contributed by atoms with Gasteiger partial charge in [-0.3, -0.25) is 9.69 Å². The van der Waals surface area contributed by atoms with Gasteiger partial charge in [0.25, 0.3) is 0 Å². The van der Waals surface area contributed by atoms with Crippen LogP contribution in [0, 0.1) is 11.8 Å². The van der Waals surface area contributed by atoms with Crippen LogP contribution in [0.2, 0.25) is 0 Å². The zero-order valence-electron chi connectivity index (χ0n) is 14.3. The van der Waals surface area contributed by atoms with Gasteiger partial charge in [0.1, 0.15) is 5.76 Å².